The summed E-state index contributed by atoms with van der Waals surface area (Å²) in [7, 11) is 0. The molecule has 2 nitrogen and oxygen atoms in total. The molecule has 1 aromatic heterocycles. The van der Waals surface area contributed by atoms with Crippen molar-refractivity contribution in [2.45, 2.75) is 0 Å². The van der Waals surface area contributed by atoms with Gasteiger partial charge >= 0.3 is 0 Å². The Morgan fingerprint density at radius 1 is 0.233 bits per heavy atom. The molecule has 0 aliphatic carbocycles. The molecule has 11 rings (SSSR count). The number of hydrogen-bond donors (Lipinski definition) is 0. The van der Waals surface area contributed by atoms with Crippen molar-refractivity contribution in [2.75, 3.05) is 4.90 Å². The number of anilines is 3. The average molecular weight is 766 g/mol. The highest BCUT2D eigenvalue weighted by Crippen LogP contribution is 2.39. The summed E-state index contributed by atoms with van der Waals surface area (Å²) >= 11 is 0. The summed E-state index contributed by atoms with van der Waals surface area (Å²) in [5.74, 6) is 0.872. The first-order valence-electron chi connectivity index (χ1n) is 20.5. The fourth-order valence-electron chi connectivity index (χ4n) is 8.45. The molecule has 60 heavy (non-hydrogen) atoms. The molecule has 0 N–H and O–H groups in total. The van der Waals surface area contributed by atoms with Crippen LogP contribution in [0.4, 0.5) is 17.1 Å². The topological polar surface area (TPSA) is 16.4 Å². The molecular weight excluding hydrogens is 727 g/mol. The van der Waals surface area contributed by atoms with Gasteiger partial charge in [-0.25, -0.2) is 0 Å². The van der Waals surface area contributed by atoms with Gasteiger partial charge in [-0.2, -0.15) is 0 Å². The van der Waals surface area contributed by atoms with Crippen molar-refractivity contribution >= 4 is 49.6 Å². The van der Waals surface area contributed by atoms with Crippen LogP contribution >= 0.6 is 0 Å². The van der Waals surface area contributed by atoms with Gasteiger partial charge < -0.3 is 9.32 Å². The van der Waals surface area contributed by atoms with E-state index in [0.29, 0.717) is 0 Å². The molecule has 0 amide bonds. The molecule has 0 aliphatic heterocycles. The molecule has 0 radical (unpaired) electrons. The van der Waals surface area contributed by atoms with Crippen LogP contribution in [0.15, 0.2) is 241 Å². The van der Waals surface area contributed by atoms with E-state index in [9.17, 15) is 0 Å². The molecule has 11 aromatic rings. The summed E-state index contributed by atoms with van der Waals surface area (Å²) in [5.41, 5.74) is 14.7. The second kappa shape index (κ2) is 15.1. The molecule has 0 unspecified atom stereocenters. The lowest BCUT2D eigenvalue weighted by Gasteiger charge is -2.26. The van der Waals surface area contributed by atoms with Crippen molar-refractivity contribution in [1.82, 2.24) is 0 Å². The van der Waals surface area contributed by atoms with Crippen molar-refractivity contribution in [1.29, 1.82) is 0 Å². The molecule has 10 aromatic carbocycles. The zero-order valence-electron chi connectivity index (χ0n) is 32.9. The van der Waals surface area contributed by atoms with Crippen molar-refractivity contribution in [3.63, 3.8) is 0 Å². The second-order valence-electron chi connectivity index (χ2n) is 15.4. The van der Waals surface area contributed by atoms with Crippen LogP contribution in [-0.4, -0.2) is 0 Å². The normalized spacial score (nSPS) is 11.3. The fourth-order valence-corrected chi connectivity index (χ4v) is 8.45. The third-order valence-corrected chi connectivity index (χ3v) is 11.6. The summed E-state index contributed by atoms with van der Waals surface area (Å²) in [6.07, 6.45) is 0. The average Bonchev–Trinajstić information content (AvgIpc) is 3.77. The van der Waals surface area contributed by atoms with Gasteiger partial charge in [-0.3, -0.25) is 0 Å². The van der Waals surface area contributed by atoms with Crippen LogP contribution < -0.4 is 4.90 Å². The Morgan fingerprint density at radius 3 is 1.10 bits per heavy atom. The highest BCUT2D eigenvalue weighted by Gasteiger charge is 2.15. The molecule has 0 saturated heterocycles. The summed E-state index contributed by atoms with van der Waals surface area (Å²) in [6, 6.07) is 85.0. The monoisotopic (exact) mass is 765 g/mol. The molecule has 0 bridgehead atoms. The molecule has 0 atom stereocenters. The number of para-hydroxylation sites is 1. The maximum absolute atomic E-state index is 6.22. The van der Waals surface area contributed by atoms with Gasteiger partial charge in [0.1, 0.15) is 11.3 Å². The van der Waals surface area contributed by atoms with Crippen LogP contribution in [0.25, 0.3) is 88.3 Å². The van der Waals surface area contributed by atoms with Crippen LogP contribution in [0.3, 0.4) is 0 Å². The van der Waals surface area contributed by atoms with Crippen molar-refractivity contribution in [3.05, 3.63) is 237 Å². The molecule has 0 aliphatic rings. The lowest BCUT2D eigenvalue weighted by molar-refractivity contribution is 0.631. The summed E-state index contributed by atoms with van der Waals surface area (Å²) < 4.78 is 6.22. The third kappa shape index (κ3) is 6.81. The van der Waals surface area contributed by atoms with Crippen molar-refractivity contribution in [3.8, 4) is 55.8 Å². The Hall–Kier alpha value is -7.94. The van der Waals surface area contributed by atoms with E-state index in [1.54, 1.807) is 0 Å². The van der Waals surface area contributed by atoms with Crippen LogP contribution in [0.5, 0.6) is 0 Å². The Balaban J connectivity index is 0.932. The lowest BCUT2D eigenvalue weighted by atomic mass is 9.97. The van der Waals surface area contributed by atoms with Gasteiger partial charge in [-0.1, -0.05) is 164 Å². The van der Waals surface area contributed by atoms with E-state index in [1.165, 1.54) is 54.9 Å². The summed E-state index contributed by atoms with van der Waals surface area (Å²) in [4.78, 5) is 2.34. The number of furan rings is 1. The van der Waals surface area contributed by atoms with Gasteiger partial charge in [0.25, 0.3) is 0 Å². The zero-order chi connectivity index (χ0) is 39.8. The minimum atomic E-state index is 0.872. The van der Waals surface area contributed by atoms with E-state index >= 15 is 0 Å². The quantitative estimate of drug-likeness (QED) is 0.153. The van der Waals surface area contributed by atoms with E-state index < -0.39 is 0 Å². The molecule has 282 valence electrons. The molecular formula is C58H39NO. The second-order valence-corrected chi connectivity index (χ2v) is 15.4. The van der Waals surface area contributed by atoms with Gasteiger partial charge in [0.2, 0.25) is 0 Å². The minimum Gasteiger partial charge on any atom is -0.456 e. The smallest absolute Gasteiger partial charge is 0.135 e. The van der Waals surface area contributed by atoms with E-state index in [0.717, 1.165) is 50.5 Å². The van der Waals surface area contributed by atoms with Gasteiger partial charge in [0.05, 0.1) is 0 Å². The number of hydrogen-bond acceptors (Lipinski definition) is 2. The highest BCUT2D eigenvalue weighted by atomic mass is 16.3. The van der Waals surface area contributed by atoms with E-state index in [-0.39, 0.29) is 0 Å². The first-order chi connectivity index (χ1) is 29.7. The van der Waals surface area contributed by atoms with Crippen LogP contribution in [0.1, 0.15) is 0 Å². The predicted molar refractivity (Wildman–Crippen MR) is 253 cm³/mol. The first kappa shape index (κ1) is 35.2. The Bertz CT molecular complexity index is 3270. The fraction of sp³-hybridized carbons (Fsp3) is 0. The van der Waals surface area contributed by atoms with E-state index in [2.05, 4.69) is 223 Å². The van der Waals surface area contributed by atoms with Crippen LogP contribution in [0, 0.1) is 0 Å². The molecule has 0 saturated carbocycles. The van der Waals surface area contributed by atoms with Gasteiger partial charge in [-0.15, -0.1) is 0 Å². The van der Waals surface area contributed by atoms with Crippen LogP contribution in [0.2, 0.25) is 0 Å². The Morgan fingerprint density at radius 2 is 0.600 bits per heavy atom. The van der Waals surface area contributed by atoms with Crippen molar-refractivity contribution in [2.24, 2.45) is 0 Å². The highest BCUT2D eigenvalue weighted by molar-refractivity contribution is 5.90. The number of fused-ring (bicyclic) bond motifs is 3. The number of benzene rings is 10. The van der Waals surface area contributed by atoms with Crippen LogP contribution in [-0.2, 0) is 0 Å². The molecule has 0 spiro atoms. The Labute approximate surface area is 349 Å². The minimum absolute atomic E-state index is 0.872. The predicted octanol–water partition coefficient (Wildman–Crippen LogP) is 16.5. The SMILES string of the molecule is c1cc(-c2ccc(N(c3ccc(-c4cccc(-c5cc6ccccc6o5)c4)cc3)c3ccc(-c4ccc5ccccc5c4)cc3)cc2)cc(-c2ccc3ccccc3c2)c1. The first-order valence-corrected chi connectivity index (χ1v) is 20.5. The van der Waals surface area contributed by atoms with Crippen molar-refractivity contribution < 1.29 is 4.42 Å². The third-order valence-electron chi connectivity index (χ3n) is 11.6. The standard InChI is InChI=1S/C58H39NO/c1-3-11-45-36-50(21-19-40(45)9-1)44-27-33-56(34-28-44)59(55-31-25-43(26-32-55)48-15-8-17-52(38-48)58-39-53-13-5-6-18-57(53)60-58)54-29-23-42(24-30-54)47-14-7-16-49(35-47)51-22-20-41-10-2-4-12-46(41)37-51/h1-39H. The number of nitrogens with zero attached hydrogens (tertiary/aromatic N) is 1. The molecule has 1 heterocycles. The Kier molecular flexibility index (Phi) is 8.87. The maximum atomic E-state index is 6.22. The largest absolute Gasteiger partial charge is 0.456 e. The van der Waals surface area contributed by atoms with E-state index in [1.807, 2.05) is 18.2 Å². The van der Waals surface area contributed by atoms with Gasteiger partial charge in [0.15, 0.2) is 0 Å². The summed E-state index contributed by atoms with van der Waals surface area (Å²) in [5, 5.41) is 6.10. The lowest BCUT2D eigenvalue weighted by Crippen LogP contribution is -2.09. The summed E-state index contributed by atoms with van der Waals surface area (Å²) in [6.45, 7) is 0. The zero-order valence-corrected chi connectivity index (χ0v) is 32.9. The molecule has 0 fully saturated rings. The van der Waals surface area contributed by atoms with Gasteiger partial charge in [-0.05, 0) is 139 Å². The maximum Gasteiger partial charge on any atom is 0.135 e. The molecule has 2 heteroatoms. The van der Waals surface area contributed by atoms with E-state index in [4.69, 9.17) is 4.42 Å². The number of rotatable bonds is 8. The van der Waals surface area contributed by atoms with Gasteiger partial charge in [0, 0.05) is 28.0 Å².